The Labute approximate surface area is 150 Å². The van der Waals surface area contributed by atoms with Gasteiger partial charge in [-0.25, -0.2) is 0 Å². The number of benzene rings is 1. The van der Waals surface area contributed by atoms with Gasteiger partial charge in [0.05, 0.1) is 18.0 Å². The number of rotatable bonds is 6. The molecule has 0 aliphatic rings. The number of aromatic nitrogens is 2. The Morgan fingerprint density at radius 3 is 2.88 bits per heavy atom. The average Bonchev–Trinajstić information content (AvgIpc) is 3.27. The van der Waals surface area contributed by atoms with Crippen LogP contribution in [0, 0.1) is 6.92 Å². The maximum absolute atomic E-state index is 12.6. The lowest BCUT2D eigenvalue weighted by Gasteiger charge is -2.16. The first-order valence-electron chi connectivity index (χ1n) is 7.94. The van der Waals surface area contributed by atoms with Gasteiger partial charge >= 0.3 is 0 Å². The Hall–Kier alpha value is -2.67. The first-order valence-corrected chi connectivity index (χ1v) is 8.82. The van der Waals surface area contributed by atoms with Crippen LogP contribution < -0.4 is 4.74 Å². The van der Waals surface area contributed by atoms with Gasteiger partial charge in [-0.2, -0.15) is 4.98 Å². The van der Waals surface area contributed by atoms with Crippen molar-refractivity contribution in [1.82, 2.24) is 15.0 Å². The molecule has 25 heavy (non-hydrogen) atoms. The van der Waals surface area contributed by atoms with E-state index in [1.807, 2.05) is 43.5 Å². The molecule has 1 aromatic carbocycles. The molecule has 2 heterocycles. The minimum atomic E-state index is -0.109. The first-order chi connectivity index (χ1) is 12.1. The van der Waals surface area contributed by atoms with E-state index in [2.05, 4.69) is 10.1 Å². The van der Waals surface area contributed by atoms with Gasteiger partial charge in [-0.1, -0.05) is 11.2 Å². The molecule has 0 spiro atoms. The van der Waals surface area contributed by atoms with E-state index in [0.717, 1.165) is 16.2 Å². The Morgan fingerprint density at radius 2 is 2.20 bits per heavy atom. The summed E-state index contributed by atoms with van der Waals surface area (Å²) < 4.78 is 10.8. The van der Waals surface area contributed by atoms with Gasteiger partial charge in [0.25, 0.3) is 5.91 Å². The molecule has 0 fully saturated rings. The molecule has 0 aliphatic carbocycles. The third-order valence-corrected chi connectivity index (χ3v) is 4.52. The molecule has 0 atom stereocenters. The van der Waals surface area contributed by atoms with Crippen molar-refractivity contribution in [2.75, 3.05) is 13.7 Å². The van der Waals surface area contributed by atoms with Gasteiger partial charge in [-0.15, -0.1) is 11.3 Å². The van der Waals surface area contributed by atoms with Crippen LogP contribution in [0.3, 0.4) is 0 Å². The van der Waals surface area contributed by atoms with Gasteiger partial charge in [0.1, 0.15) is 5.75 Å². The summed E-state index contributed by atoms with van der Waals surface area (Å²) in [5.74, 6) is 1.63. The minimum Gasteiger partial charge on any atom is -0.494 e. The quantitative estimate of drug-likeness (QED) is 0.671. The van der Waals surface area contributed by atoms with Crippen LogP contribution in [-0.4, -0.2) is 34.6 Å². The monoisotopic (exact) mass is 357 g/mol. The molecule has 0 unspecified atom stereocenters. The summed E-state index contributed by atoms with van der Waals surface area (Å²) in [5.41, 5.74) is 1.53. The summed E-state index contributed by atoms with van der Waals surface area (Å²) in [6.07, 6.45) is 0. The Balaban J connectivity index is 1.69. The molecule has 1 amide bonds. The molecule has 3 rings (SSSR count). The van der Waals surface area contributed by atoms with E-state index in [1.54, 1.807) is 29.4 Å². The molecule has 7 heteroatoms. The van der Waals surface area contributed by atoms with Gasteiger partial charge in [0.15, 0.2) is 0 Å². The van der Waals surface area contributed by atoms with Crippen molar-refractivity contribution in [3.63, 3.8) is 0 Å². The van der Waals surface area contributed by atoms with Crippen molar-refractivity contribution in [2.24, 2.45) is 0 Å². The number of aryl methyl sites for hydroxylation is 1. The largest absolute Gasteiger partial charge is 0.494 e. The predicted octanol–water partition coefficient (Wildman–Crippen LogP) is 3.78. The maximum atomic E-state index is 12.6. The number of nitrogens with zero attached hydrogens (tertiary/aromatic N) is 3. The fraction of sp³-hybridized carbons (Fsp3) is 0.278. The highest BCUT2D eigenvalue weighted by Gasteiger charge is 2.17. The lowest BCUT2D eigenvalue weighted by molar-refractivity contribution is 0.0769. The highest BCUT2D eigenvalue weighted by molar-refractivity contribution is 7.13. The molecule has 0 aliphatic heterocycles. The first kappa shape index (κ1) is 17.2. The second kappa shape index (κ2) is 7.48. The standard InChI is InChI=1S/C18H19N3O3S/c1-4-23-14-8-7-13(10-12(14)2)18(22)21(3)11-16-19-17(20-24-16)15-6-5-9-25-15/h5-10H,4,11H2,1-3H3. The summed E-state index contributed by atoms with van der Waals surface area (Å²) >= 11 is 1.54. The summed E-state index contributed by atoms with van der Waals surface area (Å²) in [5, 5.41) is 5.91. The second-order valence-electron chi connectivity index (χ2n) is 5.56. The summed E-state index contributed by atoms with van der Waals surface area (Å²) in [4.78, 5) is 19.4. The number of ether oxygens (including phenoxy) is 1. The Morgan fingerprint density at radius 1 is 1.36 bits per heavy atom. The summed E-state index contributed by atoms with van der Waals surface area (Å²) in [7, 11) is 1.71. The van der Waals surface area contributed by atoms with Gasteiger partial charge in [0.2, 0.25) is 11.7 Å². The van der Waals surface area contributed by atoms with Gasteiger partial charge in [-0.05, 0) is 49.1 Å². The van der Waals surface area contributed by atoms with Gasteiger partial charge in [0, 0.05) is 12.6 Å². The van der Waals surface area contributed by atoms with Gasteiger partial charge < -0.3 is 14.2 Å². The van der Waals surface area contributed by atoms with Crippen LogP contribution in [0.1, 0.15) is 28.7 Å². The number of hydrogen-bond acceptors (Lipinski definition) is 6. The molecular formula is C18H19N3O3S. The lowest BCUT2D eigenvalue weighted by atomic mass is 10.1. The molecule has 6 nitrogen and oxygen atoms in total. The van der Waals surface area contributed by atoms with Gasteiger partial charge in [-0.3, -0.25) is 4.79 Å². The highest BCUT2D eigenvalue weighted by atomic mass is 32.1. The van der Waals surface area contributed by atoms with Crippen molar-refractivity contribution in [3.8, 4) is 16.5 Å². The molecular weight excluding hydrogens is 338 g/mol. The van der Waals surface area contributed by atoms with Crippen molar-refractivity contribution < 1.29 is 14.1 Å². The van der Waals surface area contributed by atoms with Crippen LogP contribution in [0.2, 0.25) is 0 Å². The third-order valence-electron chi connectivity index (χ3n) is 3.65. The zero-order chi connectivity index (χ0) is 17.8. The third kappa shape index (κ3) is 3.88. The zero-order valence-corrected chi connectivity index (χ0v) is 15.2. The van der Waals surface area contributed by atoms with Crippen LogP contribution in [0.25, 0.3) is 10.7 Å². The summed E-state index contributed by atoms with van der Waals surface area (Å²) in [6.45, 7) is 4.70. The van der Waals surface area contributed by atoms with E-state index in [9.17, 15) is 4.79 Å². The number of carbonyl (C=O) groups excluding carboxylic acids is 1. The molecule has 0 bridgehead atoms. The lowest BCUT2D eigenvalue weighted by Crippen LogP contribution is -2.26. The van der Waals surface area contributed by atoms with E-state index >= 15 is 0 Å². The van der Waals surface area contributed by atoms with Crippen LogP contribution >= 0.6 is 11.3 Å². The molecule has 0 saturated carbocycles. The van der Waals surface area contributed by atoms with E-state index < -0.39 is 0 Å². The normalized spacial score (nSPS) is 10.7. The molecule has 0 N–H and O–H groups in total. The highest BCUT2D eigenvalue weighted by Crippen LogP contribution is 2.22. The molecule has 2 aromatic heterocycles. The molecule has 130 valence electrons. The van der Waals surface area contributed by atoms with Crippen LogP contribution in [0.5, 0.6) is 5.75 Å². The molecule has 0 radical (unpaired) electrons. The fourth-order valence-corrected chi connectivity index (χ4v) is 3.07. The number of hydrogen-bond donors (Lipinski definition) is 0. The number of thiophene rings is 1. The van der Waals surface area contributed by atoms with Crippen LogP contribution in [0.4, 0.5) is 0 Å². The number of carbonyl (C=O) groups is 1. The van der Waals surface area contributed by atoms with Crippen molar-refractivity contribution in [3.05, 3.63) is 52.7 Å². The van der Waals surface area contributed by atoms with E-state index in [1.165, 1.54) is 0 Å². The number of amides is 1. The topological polar surface area (TPSA) is 68.5 Å². The van der Waals surface area contributed by atoms with E-state index in [0.29, 0.717) is 23.9 Å². The molecule has 0 saturated heterocycles. The average molecular weight is 357 g/mol. The van der Waals surface area contributed by atoms with E-state index in [-0.39, 0.29) is 12.5 Å². The summed E-state index contributed by atoms with van der Waals surface area (Å²) in [6, 6.07) is 9.27. The van der Waals surface area contributed by atoms with E-state index in [4.69, 9.17) is 9.26 Å². The predicted molar refractivity (Wildman–Crippen MR) is 95.8 cm³/mol. The molecule has 3 aromatic rings. The minimum absolute atomic E-state index is 0.109. The smallest absolute Gasteiger partial charge is 0.254 e. The maximum Gasteiger partial charge on any atom is 0.254 e. The fourth-order valence-electron chi connectivity index (χ4n) is 2.42. The Kier molecular flexibility index (Phi) is 5.14. The SMILES string of the molecule is CCOc1ccc(C(=O)N(C)Cc2nc(-c3cccs3)no2)cc1C. The second-order valence-corrected chi connectivity index (χ2v) is 6.51. The van der Waals surface area contributed by atoms with Crippen molar-refractivity contribution >= 4 is 17.2 Å². The Bertz CT molecular complexity index is 858. The van der Waals surface area contributed by atoms with Crippen molar-refractivity contribution in [2.45, 2.75) is 20.4 Å². The van der Waals surface area contributed by atoms with Crippen molar-refractivity contribution in [1.29, 1.82) is 0 Å². The van der Waals surface area contributed by atoms with Crippen LogP contribution in [0.15, 0.2) is 40.2 Å². The van der Waals surface area contributed by atoms with Crippen LogP contribution in [-0.2, 0) is 6.54 Å². The zero-order valence-electron chi connectivity index (χ0n) is 14.4.